The van der Waals surface area contributed by atoms with Gasteiger partial charge in [-0.05, 0) is 78.6 Å². The number of nitrogens with zero attached hydrogens (tertiary/aromatic N) is 7. The summed E-state index contributed by atoms with van der Waals surface area (Å²) in [6, 6.07) is 63.6. The van der Waals surface area contributed by atoms with Crippen LogP contribution in [0.25, 0.3) is 112 Å². The van der Waals surface area contributed by atoms with E-state index in [4.69, 9.17) is 19.9 Å². The fourth-order valence-corrected chi connectivity index (χ4v) is 9.53. The van der Waals surface area contributed by atoms with Gasteiger partial charge in [0.05, 0.1) is 34.1 Å². The number of para-hydroxylation sites is 4. The summed E-state index contributed by atoms with van der Waals surface area (Å²) in [5.74, 6) is 1.67. The minimum absolute atomic E-state index is 0.548. The normalized spacial score (nSPS) is 11.6. The fraction of sp³-hybridized carbons (Fsp3) is 0.0351. The van der Waals surface area contributed by atoms with Crippen LogP contribution in [0.2, 0.25) is 0 Å². The third kappa shape index (κ3) is 5.93. The summed E-state index contributed by atoms with van der Waals surface area (Å²) in [5, 5.41) is 4.46. The van der Waals surface area contributed by atoms with Crippen LogP contribution in [0.3, 0.4) is 0 Å². The van der Waals surface area contributed by atoms with E-state index in [9.17, 15) is 0 Å². The Balaban J connectivity index is 1.22. The standard InChI is InChI=1S/C57H39N7/c1-36-17-6-8-21-39(36)44-25-14-27-47(52(44)63-49-30-12-10-23-41(49)43-32-34-58-35-51(43)63)55-60-54(38-19-4-3-5-20-38)61-56(62-55)48-28-15-26-45(40-22-9-7-18-37(40)2)53(48)64-50-31-13-11-24-42(50)46-29-16-33-59-57(46)64/h3-35H,1-2H3. The van der Waals surface area contributed by atoms with E-state index in [1.165, 1.54) is 5.56 Å². The first-order valence-corrected chi connectivity index (χ1v) is 21.5. The number of hydrogen-bond acceptors (Lipinski definition) is 5. The van der Waals surface area contributed by atoms with E-state index in [2.05, 4.69) is 186 Å². The molecular formula is C57H39N7. The maximum atomic E-state index is 5.59. The first-order chi connectivity index (χ1) is 31.6. The van der Waals surface area contributed by atoms with Crippen molar-refractivity contribution >= 4 is 43.7 Å². The van der Waals surface area contributed by atoms with Gasteiger partial charge in [0.2, 0.25) is 0 Å². The number of aromatic nitrogens is 7. The fourth-order valence-electron chi connectivity index (χ4n) is 9.53. The van der Waals surface area contributed by atoms with E-state index in [-0.39, 0.29) is 0 Å². The lowest BCUT2D eigenvalue weighted by molar-refractivity contribution is 1.05. The number of fused-ring (bicyclic) bond motifs is 6. The molecule has 0 fully saturated rings. The zero-order valence-corrected chi connectivity index (χ0v) is 35.2. The highest BCUT2D eigenvalue weighted by atomic mass is 15.1. The van der Waals surface area contributed by atoms with E-state index in [1.807, 2.05) is 42.9 Å². The molecule has 0 aliphatic carbocycles. The molecule has 12 rings (SSSR count). The van der Waals surface area contributed by atoms with Crippen molar-refractivity contribution in [2.45, 2.75) is 13.8 Å². The van der Waals surface area contributed by atoms with Gasteiger partial charge < -0.3 is 4.57 Å². The molecule has 0 amide bonds. The minimum Gasteiger partial charge on any atom is -0.306 e. The minimum atomic E-state index is 0.548. The summed E-state index contributed by atoms with van der Waals surface area (Å²) < 4.78 is 4.64. The second-order valence-electron chi connectivity index (χ2n) is 16.2. The number of rotatable bonds is 7. The molecule has 0 saturated heterocycles. The van der Waals surface area contributed by atoms with E-state index < -0.39 is 0 Å². The van der Waals surface area contributed by atoms with Crippen molar-refractivity contribution in [1.29, 1.82) is 0 Å². The van der Waals surface area contributed by atoms with Gasteiger partial charge in [-0.15, -0.1) is 0 Å². The van der Waals surface area contributed by atoms with Gasteiger partial charge in [0, 0.05) is 61.8 Å². The number of hydrogen-bond donors (Lipinski definition) is 0. The largest absolute Gasteiger partial charge is 0.306 e. The van der Waals surface area contributed by atoms with Crippen molar-refractivity contribution in [2.75, 3.05) is 0 Å². The summed E-state index contributed by atoms with van der Waals surface area (Å²) in [4.78, 5) is 26.1. The predicted octanol–water partition coefficient (Wildman–Crippen LogP) is 13.8. The molecule has 7 aromatic carbocycles. The maximum absolute atomic E-state index is 5.59. The van der Waals surface area contributed by atoms with Gasteiger partial charge in [-0.25, -0.2) is 19.9 Å². The molecule has 7 heteroatoms. The Morgan fingerprint density at radius 3 is 1.48 bits per heavy atom. The Kier molecular flexibility index (Phi) is 8.79. The Morgan fingerprint density at radius 1 is 0.344 bits per heavy atom. The average molecular weight is 822 g/mol. The molecule has 0 unspecified atom stereocenters. The van der Waals surface area contributed by atoms with Gasteiger partial charge in [-0.2, -0.15) is 0 Å². The zero-order chi connectivity index (χ0) is 42.7. The van der Waals surface area contributed by atoms with E-state index in [0.29, 0.717) is 17.5 Å². The molecule has 302 valence electrons. The highest BCUT2D eigenvalue weighted by Crippen LogP contribution is 2.44. The second kappa shape index (κ2) is 15.1. The van der Waals surface area contributed by atoms with Crippen molar-refractivity contribution in [3.63, 3.8) is 0 Å². The van der Waals surface area contributed by atoms with Crippen LogP contribution in [-0.2, 0) is 0 Å². The molecule has 0 radical (unpaired) electrons. The van der Waals surface area contributed by atoms with Crippen LogP contribution < -0.4 is 0 Å². The van der Waals surface area contributed by atoms with Gasteiger partial charge in [0.25, 0.3) is 0 Å². The first-order valence-electron chi connectivity index (χ1n) is 21.5. The van der Waals surface area contributed by atoms with Gasteiger partial charge in [0.15, 0.2) is 17.5 Å². The molecular weight excluding hydrogens is 783 g/mol. The lowest BCUT2D eigenvalue weighted by Gasteiger charge is -2.21. The summed E-state index contributed by atoms with van der Waals surface area (Å²) in [7, 11) is 0. The Morgan fingerprint density at radius 2 is 0.828 bits per heavy atom. The molecule has 5 heterocycles. The van der Waals surface area contributed by atoms with Crippen molar-refractivity contribution in [3.8, 4) is 67.8 Å². The van der Waals surface area contributed by atoms with Crippen LogP contribution in [0.1, 0.15) is 11.1 Å². The Labute approximate surface area is 369 Å². The quantitative estimate of drug-likeness (QED) is 0.160. The van der Waals surface area contributed by atoms with Gasteiger partial charge in [0.1, 0.15) is 5.65 Å². The van der Waals surface area contributed by atoms with Crippen LogP contribution in [-0.4, -0.2) is 34.1 Å². The third-order valence-corrected chi connectivity index (χ3v) is 12.4. The maximum Gasteiger partial charge on any atom is 0.166 e. The van der Waals surface area contributed by atoms with Gasteiger partial charge in [-0.1, -0.05) is 140 Å². The molecule has 0 aliphatic rings. The molecule has 0 N–H and O–H groups in total. The molecule has 0 saturated carbocycles. The van der Waals surface area contributed by atoms with Crippen LogP contribution >= 0.6 is 0 Å². The second-order valence-corrected chi connectivity index (χ2v) is 16.2. The number of benzene rings is 7. The molecule has 5 aromatic heterocycles. The predicted molar refractivity (Wildman–Crippen MR) is 261 cm³/mol. The summed E-state index contributed by atoms with van der Waals surface area (Å²) in [6.07, 6.45) is 5.70. The van der Waals surface area contributed by atoms with E-state index in [0.717, 1.165) is 99.6 Å². The lowest BCUT2D eigenvalue weighted by atomic mass is 9.95. The Hall–Kier alpha value is -8.55. The highest BCUT2D eigenvalue weighted by molar-refractivity contribution is 6.11. The number of aryl methyl sites for hydroxylation is 2. The summed E-state index contributed by atoms with van der Waals surface area (Å²) >= 11 is 0. The summed E-state index contributed by atoms with van der Waals surface area (Å²) in [5.41, 5.74) is 15.2. The van der Waals surface area contributed by atoms with Crippen molar-refractivity contribution in [2.24, 2.45) is 0 Å². The monoisotopic (exact) mass is 821 g/mol. The molecule has 64 heavy (non-hydrogen) atoms. The van der Waals surface area contributed by atoms with Crippen LogP contribution in [0.15, 0.2) is 201 Å². The lowest BCUT2D eigenvalue weighted by Crippen LogP contribution is -2.07. The first kappa shape index (κ1) is 37.2. The highest BCUT2D eigenvalue weighted by Gasteiger charge is 2.26. The molecule has 0 bridgehead atoms. The molecule has 12 aromatic rings. The van der Waals surface area contributed by atoms with Gasteiger partial charge >= 0.3 is 0 Å². The zero-order valence-electron chi connectivity index (χ0n) is 35.2. The topological polar surface area (TPSA) is 74.3 Å². The molecule has 0 atom stereocenters. The van der Waals surface area contributed by atoms with Crippen molar-refractivity contribution < 1.29 is 0 Å². The smallest absolute Gasteiger partial charge is 0.166 e. The van der Waals surface area contributed by atoms with Crippen LogP contribution in [0.4, 0.5) is 0 Å². The summed E-state index contributed by atoms with van der Waals surface area (Å²) in [6.45, 7) is 4.33. The Bertz CT molecular complexity index is 3440. The van der Waals surface area contributed by atoms with Crippen molar-refractivity contribution in [3.05, 3.63) is 212 Å². The SMILES string of the molecule is Cc1ccccc1-c1cccc(-c2nc(-c3ccccc3)nc(-c3cccc(-c4ccccc4C)c3-n3c4ccccc4c4cccnc43)n2)c1-n1c2ccccc2c2ccncc21. The molecule has 0 aliphatic heterocycles. The van der Waals surface area contributed by atoms with E-state index >= 15 is 0 Å². The van der Waals surface area contributed by atoms with Crippen LogP contribution in [0, 0.1) is 13.8 Å². The van der Waals surface area contributed by atoms with Gasteiger partial charge in [-0.3, -0.25) is 9.55 Å². The van der Waals surface area contributed by atoms with Crippen LogP contribution in [0.5, 0.6) is 0 Å². The molecule has 7 nitrogen and oxygen atoms in total. The van der Waals surface area contributed by atoms with Crippen molar-refractivity contribution in [1.82, 2.24) is 34.1 Å². The third-order valence-electron chi connectivity index (χ3n) is 12.4. The van der Waals surface area contributed by atoms with E-state index in [1.54, 1.807) is 0 Å². The average Bonchev–Trinajstić information content (AvgIpc) is 3.87. The molecule has 0 spiro atoms. The number of pyridine rings is 2.